The van der Waals surface area contributed by atoms with Crippen molar-refractivity contribution in [2.45, 2.75) is 76.7 Å². The van der Waals surface area contributed by atoms with Crippen LogP contribution in [0.3, 0.4) is 0 Å². The maximum atomic E-state index is 13.2. The molecule has 1 heterocycles. The highest BCUT2D eigenvalue weighted by molar-refractivity contribution is 7.89. The molecule has 3 rings (SSSR count). The highest BCUT2D eigenvalue weighted by Crippen LogP contribution is 2.28. The van der Waals surface area contributed by atoms with Crippen LogP contribution in [-0.4, -0.2) is 81.5 Å². The molecule has 2 aromatic rings. The van der Waals surface area contributed by atoms with Crippen molar-refractivity contribution in [2.24, 2.45) is 11.3 Å². The number of sulfonamides is 1. The maximum Gasteiger partial charge on any atom is 0.409 e. The van der Waals surface area contributed by atoms with Gasteiger partial charge in [-0.15, -0.1) is 0 Å². The SMILES string of the molecule is COC(=O)N(CCC(C)CC(C)(C)C)C1CCN(CCC(CN(C)S(=O)(=O)c2ccccc2)c2ccccc2)CC1. The fourth-order valence-electron chi connectivity index (χ4n) is 6.11. The van der Waals surface area contributed by atoms with E-state index in [1.54, 1.807) is 31.3 Å². The van der Waals surface area contributed by atoms with Gasteiger partial charge in [-0.25, -0.2) is 17.5 Å². The van der Waals surface area contributed by atoms with Crippen LogP contribution in [0.5, 0.6) is 0 Å². The summed E-state index contributed by atoms with van der Waals surface area (Å²) >= 11 is 0. The molecule has 0 aromatic heterocycles. The van der Waals surface area contributed by atoms with Gasteiger partial charge < -0.3 is 14.5 Å². The van der Waals surface area contributed by atoms with Crippen LogP contribution in [-0.2, 0) is 14.8 Å². The molecule has 0 aliphatic carbocycles. The molecule has 0 N–H and O–H groups in total. The van der Waals surface area contributed by atoms with Crippen LogP contribution >= 0.6 is 0 Å². The predicted octanol–water partition coefficient (Wildman–Crippen LogP) is 6.48. The third-order valence-corrected chi connectivity index (χ3v) is 10.1. The second kappa shape index (κ2) is 15.2. The molecule has 41 heavy (non-hydrogen) atoms. The van der Waals surface area contributed by atoms with Gasteiger partial charge in [-0.2, -0.15) is 0 Å². The second-order valence-corrected chi connectivity index (χ2v) is 14.9. The van der Waals surface area contributed by atoms with Crippen molar-refractivity contribution in [1.82, 2.24) is 14.1 Å². The molecule has 0 saturated carbocycles. The van der Waals surface area contributed by atoms with Crippen LogP contribution in [0, 0.1) is 11.3 Å². The summed E-state index contributed by atoms with van der Waals surface area (Å²) in [6, 6.07) is 19.0. The van der Waals surface area contributed by atoms with Crippen molar-refractivity contribution in [3.63, 3.8) is 0 Å². The van der Waals surface area contributed by atoms with Crippen LogP contribution in [0.15, 0.2) is 65.6 Å². The Labute approximate surface area is 248 Å². The Morgan fingerprint density at radius 1 is 1.00 bits per heavy atom. The Morgan fingerprint density at radius 2 is 1.59 bits per heavy atom. The van der Waals surface area contributed by atoms with Crippen LogP contribution in [0.25, 0.3) is 0 Å². The van der Waals surface area contributed by atoms with Crippen molar-refractivity contribution < 1.29 is 17.9 Å². The zero-order chi connectivity index (χ0) is 30.0. The minimum absolute atomic E-state index is 0.0771. The van der Waals surface area contributed by atoms with E-state index in [0.29, 0.717) is 17.4 Å². The summed E-state index contributed by atoms with van der Waals surface area (Å²) in [5, 5.41) is 0. The first-order valence-electron chi connectivity index (χ1n) is 15.0. The molecule has 1 aliphatic heterocycles. The van der Waals surface area contributed by atoms with Crippen molar-refractivity contribution in [3.8, 4) is 0 Å². The maximum absolute atomic E-state index is 13.2. The summed E-state index contributed by atoms with van der Waals surface area (Å²) in [5.74, 6) is 0.620. The molecule has 228 valence electrons. The Morgan fingerprint density at radius 3 is 2.15 bits per heavy atom. The molecular formula is C33H51N3O4S. The first-order chi connectivity index (χ1) is 19.4. The van der Waals surface area contributed by atoms with Gasteiger partial charge in [0.1, 0.15) is 0 Å². The lowest BCUT2D eigenvalue weighted by Gasteiger charge is -2.39. The Balaban J connectivity index is 1.59. The van der Waals surface area contributed by atoms with Crippen molar-refractivity contribution in [3.05, 3.63) is 66.2 Å². The molecule has 2 aromatic carbocycles. The summed E-state index contributed by atoms with van der Waals surface area (Å²) < 4.78 is 33.1. The van der Waals surface area contributed by atoms with Crippen molar-refractivity contribution in [1.29, 1.82) is 0 Å². The number of carbonyl (C=O) groups is 1. The number of likely N-dealkylation sites (tertiary alicyclic amines) is 1. The quantitative estimate of drug-likeness (QED) is 0.269. The van der Waals surface area contributed by atoms with Crippen LogP contribution in [0.4, 0.5) is 4.79 Å². The molecule has 1 aliphatic rings. The van der Waals surface area contributed by atoms with E-state index in [-0.39, 0.29) is 23.5 Å². The van der Waals surface area contributed by atoms with Gasteiger partial charge in [0, 0.05) is 39.3 Å². The molecule has 0 radical (unpaired) electrons. The number of benzene rings is 2. The van der Waals surface area contributed by atoms with E-state index in [0.717, 1.165) is 63.8 Å². The lowest BCUT2D eigenvalue weighted by Crippen LogP contribution is -2.48. The topological polar surface area (TPSA) is 70.2 Å². The molecule has 8 heteroatoms. The number of rotatable bonds is 13. The molecule has 7 nitrogen and oxygen atoms in total. The lowest BCUT2D eigenvalue weighted by atomic mass is 9.84. The molecular weight excluding hydrogens is 534 g/mol. The summed E-state index contributed by atoms with van der Waals surface area (Å²) in [7, 11) is -0.416. The van der Waals surface area contributed by atoms with Crippen LogP contribution in [0.2, 0.25) is 0 Å². The number of piperidine rings is 1. The highest BCUT2D eigenvalue weighted by Gasteiger charge is 2.30. The zero-order valence-corrected chi connectivity index (χ0v) is 26.8. The van der Waals surface area contributed by atoms with E-state index in [2.05, 4.69) is 44.7 Å². The lowest BCUT2D eigenvalue weighted by molar-refractivity contribution is 0.0734. The minimum Gasteiger partial charge on any atom is -0.453 e. The van der Waals surface area contributed by atoms with Gasteiger partial charge in [0.15, 0.2) is 0 Å². The van der Waals surface area contributed by atoms with Gasteiger partial charge in [0.05, 0.1) is 12.0 Å². The Kier molecular flexibility index (Phi) is 12.2. The van der Waals surface area contributed by atoms with Gasteiger partial charge in [-0.05, 0) is 73.6 Å². The number of hydrogen-bond donors (Lipinski definition) is 0. The number of amides is 1. The number of hydrogen-bond acceptors (Lipinski definition) is 5. The third kappa shape index (κ3) is 10.1. The van der Waals surface area contributed by atoms with Crippen molar-refractivity contribution in [2.75, 3.05) is 46.9 Å². The molecule has 1 fully saturated rings. The smallest absolute Gasteiger partial charge is 0.409 e. The molecule has 1 amide bonds. The average molecular weight is 586 g/mol. The van der Waals surface area contributed by atoms with Gasteiger partial charge in [0.25, 0.3) is 0 Å². The number of nitrogens with zero attached hydrogens (tertiary/aromatic N) is 3. The fraction of sp³-hybridized carbons (Fsp3) is 0.606. The average Bonchev–Trinajstić information content (AvgIpc) is 2.95. The van der Waals surface area contributed by atoms with Gasteiger partial charge in [0.2, 0.25) is 10.0 Å². The molecule has 2 unspecified atom stereocenters. The van der Waals surface area contributed by atoms with Gasteiger partial charge >= 0.3 is 6.09 Å². The zero-order valence-electron chi connectivity index (χ0n) is 26.0. The second-order valence-electron chi connectivity index (χ2n) is 12.9. The van der Waals surface area contributed by atoms with E-state index in [1.165, 1.54) is 11.4 Å². The fourth-order valence-corrected chi connectivity index (χ4v) is 7.35. The first kappa shape index (κ1) is 33.1. The Hall–Kier alpha value is -2.42. The standard InChI is InChI=1S/C33H51N3O4S/c1-27(25-33(2,3)4)17-24-36(32(37)40-6)30-19-22-35(23-20-30)21-18-29(28-13-9-7-10-14-28)26-34(5)41(38,39)31-15-11-8-12-16-31/h7-16,27,29-30H,17-26H2,1-6H3. The highest BCUT2D eigenvalue weighted by atomic mass is 32.2. The Bertz CT molecular complexity index is 1160. The van der Waals surface area contributed by atoms with E-state index in [9.17, 15) is 13.2 Å². The number of methoxy groups -OCH3 is 1. The summed E-state index contributed by atoms with van der Waals surface area (Å²) in [6.45, 7) is 12.9. The summed E-state index contributed by atoms with van der Waals surface area (Å²) in [6.07, 6.45) is 4.57. The van der Waals surface area contributed by atoms with Gasteiger partial charge in [-0.3, -0.25) is 0 Å². The van der Waals surface area contributed by atoms with Gasteiger partial charge in [-0.1, -0.05) is 76.2 Å². The molecule has 1 saturated heterocycles. The van der Waals surface area contributed by atoms with E-state index < -0.39 is 10.0 Å². The first-order valence-corrected chi connectivity index (χ1v) is 16.5. The summed E-state index contributed by atoms with van der Waals surface area (Å²) in [5.41, 5.74) is 1.43. The predicted molar refractivity (Wildman–Crippen MR) is 166 cm³/mol. The van der Waals surface area contributed by atoms with Crippen LogP contribution in [0.1, 0.15) is 71.3 Å². The summed E-state index contributed by atoms with van der Waals surface area (Å²) in [4.78, 5) is 17.4. The van der Waals surface area contributed by atoms with E-state index in [1.807, 2.05) is 29.2 Å². The number of carbonyl (C=O) groups excluding carboxylic acids is 1. The number of likely N-dealkylation sites (N-methyl/N-ethyl adjacent to an activating group) is 1. The van der Waals surface area contributed by atoms with E-state index in [4.69, 9.17) is 4.74 Å². The number of ether oxygens (including phenoxy) is 1. The van der Waals surface area contributed by atoms with Crippen LogP contribution < -0.4 is 0 Å². The monoisotopic (exact) mass is 585 g/mol. The third-order valence-electron chi connectivity index (χ3n) is 8.22. The normalized spacial score (nSPS) is 16.9. The largest absolute Gasteiger partial charge is 0.453 e. The minimum atomic E-state index is -3.56. The molecule has 2 atom stereocenters. The van der Waals surface area contributed by atoms with E-state index >= 15 is 0 Å². The molecule has 0 spiro atoms. The molecule has 0 bridgehead atoms. The van der Waals surface area contributed by atoms with Crippen molar-refractivity contribution >= 4 is 16.1 Å².